The Morgan fingerprint density at radius 2 is 1.82 bits per heavy atom. The first-order valence-corrected chi connectivity index (χ1v) is 10.9. The van der Waals surface area contributed by atoms with E-state index >= 15 is 0 Å². The summed E-state index contributed by atoms with van der Waals surface area (Å²) in [6, 6.07) is 11.7. The van der Waals surface area contributed by atoms with Crippen LogP contribution in [0.2, 0.25) is 0 Å². The number of imidazole rings is 1. The van der Waals surface area contributed by atoms with Gasteiger partial charge in [-0.15, -0.1) is 0 Å². The Bertz CT molecular complexity index is 1040. The molecule has 0 radical (unpaired) electrons. The lowest BCUT2D eigenvalue weighted by Crippen LogP contribution is -2.41. The fraction of sp³-hybridized carbons (Fsp3) is 0.316. The van der Waals surface area contributed by atoms with Gasteiger partial charge in [0.25, 0.3) is 0 Å². The number of rotatable bonds is 5. The Kier molecular flexibility index (Phi) is 5.10. The van der Waals surface area contributed by atoms with Gasteiger partial charge in [-0.3, -0.25) is 4.57 Å². The highest BCUT2D eigenvalue weighted by atomic mass is 32.2. The maximum Gasteiger partial charge on any atom is 0.218 e. The molecule has 0 amide bonds. The summed E-state index contributed by atoms with van der Waals surface area (Å²) in [7, 11) is -3.14. The second kappa shape index (κ2) is 7.69. The summed E-state index contributed by atoms with van der Waals surface area (Å²) in [5, 5.41) is 0. The summed E-state index contributed by atoms with van der Waals surface area (Å²) >= 11 is 0. The topological polar surface area (TPSA) is 90.2 Å². The van der Waals surface area contributed by atoms with Crippen molar-refractivity contribution in [3.05, 3.63) is 55.2 Å². The minimum Gasteiger partial charge on any atom is -0.474 e. The minimum atomic E-state index is -3.14. The number of sulfonamides is 1. The number of aromatic nitrogens is 4. The molecule has 0 bridgehead atoms. The van der Waals surface area contributed by atoms with Gasteiger partial charge >= 0.3 is 0 Å². The molecule has 1 aromatic carbocycles. The zero-order chi connectivity index (χ0) is 19.6. The van der Waals surface area contributed by atoms with E-state index in [2.05, 4.69) is 15.0 Å². The predicted octanol–water partition coefficient (Wildman–Crippen LogP) is 2.13. The van der Waals surface area contributed by atoms with Gasteiger partial charge in [0.05, 0.1) is 11.9 Å². The molecule has 2 aromatic heterocycles. The van der Waals surface area contributed by atoms with Crippen molar-refractivity contribution in [2.45, 2.75) is 18.9 Å². The first-order chi connectivity index (χ1) is 13.5. The van der Waals surface area contributed by atoms with Gasteiger partial charge < -0.3 is 4.74 Å². The van der Waals surface area contributed by atoms with Gasteiger partial charge in [0.1, 0.15) is 24.6 Å². The molecule has 3 heterocycles. The van der Waals surface area contributed by atoms with Crippen LogP contribution in [0, 0.1) is 0 Å². The van der Waals surface area contributed by atoms with Crippen molar-refractivity contribution in [1.82, 2.24) is 23.8 Å². The van der Waals surface area contributed by atoms with Gasteiger partial charge in [0, 0.05) is 30.9 Å². The van der Waals surface area contributed by atoms with Crippen LogP contribution in [0.3, 0.4) is 0 Å². The zero-order valence-electron chi connectivity index (χ0n) is 15.5. The van der Waals surface area contributed by atoms with Gasteiger partial charge in [0.15, 0.2) is 0 Å². The number of ether oxygens (including phenoxy) is 1. The molecule has 1 aliphatic rings. The average Bonchev–Trinajstić information content (AvgIpc) is 3.19. The molecule has 1 saturated heterocycles. The average molecular weight is 399 g/mol. The van der Waals surface area contributed by atoms with E-state index in [0.29, 0.717) is 37.6 Å². The van der Waals surface area contributed by atoms with Crippen LogP contribution < -0.4 is 4.74 Å². The van der Waals surface area contributed by atoms with Gasteiger partial charge in [-0.05, 0) is 12.8 Å². The Hall–Kier alpha value is -2.78. The molecule has 8 nitrogen and oxygen atoms in total. The lowest BCUT2D eigenvalue weighted by Gasteiger charge is -2.30. The zero-order valence-corrected chi connectivity index (χ0v) is 16.3. The minimum absolute atomic E-state index is 0.0663. The van der Waals surface area contributed by atoms with Crippen molar-refractivity contribution in [3.63, 3.8) is 0 Å². The van der Waals surface area contributed by atoms with E-state index in [1.165, 1.54) is 16.9 Å². The van der Waals surface area contributed by atoms with Crippen LogP contribution >= 0.6 is 0 Å². The third-order valence-corrected chi connectivity index (χ3v) is 6.00. The number of nitrogens with zero attached hydrogens (tertiary/aromatic N) is 5. The fourth-order valence-electron chi connectivity index (χ4n) is 3.19. The van der Waals surface area contributed by atoms with E-state index in [0.717, 1.165) is 11.3 Å². The molecule has 1 fully saturated rings. The van der Waals surface area contributed by atoms with E-state index in [4.69, 9.17) is 4.74 Å². The summed E-state index contributed by atoms with van der Waals surface area (Å²) in [6.45, 7) is 0.923. The molecular formula is C19H21N5O3S. The third-order valence-electron chi connectivity index (χ3n) is 4.70. The molecule has 3 aromatic rings. The van der Waals surface area contributed by atoms with E-state index in [-0.39, 0.29) is 6.10 Å². The summed E-state index contributed by atoms with van der Waals surface area (Å²) < 4.78 is 32.5. The van der Waals surface area contributed by atoms with E-state index < -0.39 is 10.0 Å². The van der Waals surface area contributed by atoms with Crippen molar-refractivity contribution >= 4 is 10.0 Å². The van der Waals surface area contributed by atoms with E-state index in [1.54, 1.807) is 12.4 Å². The SMILES string of the molecule is CS(=O)(=O)N1CCC(Oc2cc(-n3cnc(-c4ccccc4)c3)ncn2)CC1. The summed E-state index contributed by atoms with van der Waals surface area (Å²) in [5.41, 5.74) is 1.89. The number of benzene rings is 1. The molecule has 0 aliphatic carbocycles. The summed E-state index contributed by atoms with van der Waals surface area (Å²) in [5.74, 6) is 1.13. The van der Waals surface area contributed by atoms with Crippen LogP contribution in [0.15, 0.2) is 55.2 Å². The Morgan fingerprint density at radius 1 is 1.07 bits per heavy atom. The maximum atomic E-state index is 11.6. The molecule has 4 rings (SSSR count). The van der Waals surface area contributed by atoms with E-state index in [1.807, 2.05) is 41.1 Å². The van der Waals surface area contributed by atoms with Crippen molar-refractivity contribution in [3.8, 4) is 23.0 Å². The van der Waals surface area contributed by atoms with Crippen molar-refractivity contribution in [2.75, 3.05) is 19.3 Å². The van der Waals surface area contributed by atoms with Crippen LogP contribution in [0.4, 0.5) is 0 Å². The monoisotopic (exact) mass is 399 g/mol. The maximum absolute atomic E-state index is 11.6. The molecule has 146 valence electrons. The molecule has 0 unspecified atom stereocenters. The normalized spacial score (nSPS) is 16.2. The molecule has 0 spiro atoms. The molecule has 9 heteroatoms. The fourth-order valence-corrected chi connectivity index (χ4v) is 4.07. The Labute approximate surface area is 163 Å². The summed E-state index contributed by atoms with van der Waals surface area (Å²) in [4.78, 5) is 12.9. The molecule has 0 saturated carbocycles. The van der Waals surface area contributed by atoms with Crippen LogP contribution in [-0.4, -0.2) is 57.7 Å². The van der Waals surface area contributed by atoms with Crippen LogP contribution in [0.1, 0.15) is 12.8 Å². The molecule has 0 N–H and O–H groups in total. The van der Waals surface area contributed by atoms with Crippen LogP contribution in [-0.2, 0) is 10.0 Å². The Morgan fingerprint density at radius 3 is 2.54 bits per heavy atom. The first kappa shape index (κ1) is 18.6. The molecule has 28 heavy (non-hydrogen) atoms. The first-order valence-electron chi connectivity index (χ1n) is 9.03. The number of hydrogen-bond donors (Lipinski definition) is 0. The highest BCUT2D eigenvalue weighted by Gasteiger charge is 2.26. The van der Waals surface area contributed by atoms with Crippen LogP contribution in [0.25, 0.3) is 17.1 Å². The standard InChI is InChI=1S/C19H21N5O3S/c1-28(25,26)24-9-7-16(8-10-24)27-19-11-18(20-13-21-19)23-12-17(22-14-23)15-5-3-2-4-6-15/h2-6,11-14,16H,7-10H2,1H3. The predicted molar refractivity (Wildman–Crippen MR) is 105 cm³/mol. The molecule has 1 aliphatic heterocycles. The highest BCUT2D eigenvalue weighted by Crippen LogP contribution is 2.21. The smallest absolute Gasteiger partial charge is 0.218 e. The number of piperidine rings is 1. The van der Waals surface area contributed by atoms with Crippen molar-refractivity contribution in [1.29, 1.82) is 0 Å². The lowest BCUT2D eigenvalue weighted by molar-refractivity contribution is 0.130. The second-order valence-electron chi connectivity index (χ2n) is 6.73. The van der Waals surface area contributed by atoms with Gasteiger partial charge in [0.2, 0.25) is 15.9 Å². The van der Waals surface area contributed by atoms with Gasteiger partial charge in [-0.2, -0.15) is 0 Å². The second-order valence-corrected chi connectivity index (χ2v) is 8.71. The molecular weight excluding hydrogens is 378 g/mol. The highest BCUT2D eigenvalue weighted by molar-refractivity contribution is 7.88. The lowest BCUT2D eigenvalue weighted by atomic mass is 10.1. The van der Waals surface area contributed by atoms with Crippen molar-refractivity contribution < 1.29 is 13.2 Å². The largest absolute Gasteiger partial charge is 0.474 e. The van der Waals surface area contributed by atoms with Crippen molar-refractivity contribution in [2.24, 2.45) is 0 Å². The number of hydrogen-bond acceptors (Lipinski definition) is 6. The van der Waals surface area contributed by atoms with E-state index in [9.17, 15) is 8.42 Å². The van der Waals surface area contributed by atoms with Gasteiger partial charge in [-0.1, -0.05) is 30.3 Å². The Balaban J connectivity index is 1.45. The molecule has 0 atom stereocenters. The quantitative estimate of drug-likeness (QED) is 0.653. The third kappa shape index (κ3) is 4.20. The van der Waals surface area contributed by atoms with Gasteiger partial charge in [-0.25, -0.2) is 27.7 Å². The van der Waals surface area contributed by atoms with Crippen LogP contribution in [0.5, 0.6) is 5.88 Å². The summed E-state index contributed by atoms with van der Waals surface area (Å²) in [6.07, 6.45) is 7.51.